The second-order valence-corrected chi connectivity index (χ2v) is 4.77. The van der Waals surface area contributed by atoms with Gasteiger partial charge in [-0.15, -0.1) is 0 Å². The van der Waals surface area contributed by atoms with Crippen LogP contribution in [0.15, 0.2) is 24.4 Å². The van der Waals surface area contributed by atoms with Crippen molar-refractivity contribution in [1.82, 2.24) is 9.78 Å². The Labute approximate surface area is 125 Å². The number of carbonyl (C=O) groups excluding carboxylic acids is 1. The number of halogens is 2. The molecule has 5 nitrogen and oxygen atoms in total. The van der Waals surface area contributed by atoms with Gasteiger partial charge < -0.3 is 5.32 Å². The Morgan fingerprint density at radius 1 is 1.50 bits per heavy atom. The van der Waals surface area contributed by atoms with Crippen LogP contribution in [0.5, 0.6) is 0 Å². The molecule has 2 rings (SSSR count). The predicted octanol–water partition coefficient (Wildman–Crippen LogP) is 3.40. The predicted molar refractivity (Wildman–Crippen MR) is 77.2 cm³/mol. The Kier molecular flexibility index (Phi) is 4.28. The monoisotopic (exact) mass is 308 g/mol. The van der Waals surface area contributed by atoms with Gasteiger partial charge in [0.2, 0.25) is 5.91 Å². The molecular weight excluding hydrogens is 299 g/mol. The summed E-state index contributed by atoms with van der Waals surface area (Å²) < 4.78 is 1.41. The molecule has 0 bridgehead atoms. The summed E-state index contributed by atoms with van der Waals surface area (Å²) in [5.41, 5.74) is 0.793. The lowest BCUT2D eigenvalue weighted by atomic mass is 10.3. The molecule has 1 aromatic carbocycles. The van der Waals surface area contributed by atoms with E-state index < -0.39 is 0 Å². The molecule has 0 aliphatic rings. The van der Waals surface area contributed by atoms with Gasteiger partial charge in [0.15, 0.2) is 5.82 Å². The highest BCUT2D eigenvalue weighted by molar-refractivity contribution is 6.35. The van der Waals surface area contributed by atoms with E-state index in [1.54, 1.807) is 25.1 Å². The highest BCUT2D eigenvalue weighted by atomic mass is 35.5. The van der Waals surface area contributed by atoms with Crippen LogP contribution in [-0.4, -0.2) is 15.7 Å². The summed E-state index contributed by atoms with van der Waals surface area (Å²) >= 11 is 12.0. The van der Waals surface area contributed by atoms with E-state index in [9.17, 15) is 4.79 Å². The molecule has 0 unspecified atom stereocenters. The molecule has 0 spiro atoms. The fourth-order valence-corrected chi connectivity index (χ4v) is 2.10. The summed E-state index contributed by atoms with van der Waals surface area (Å²) in [7, 11) is 0. The average molecular weight is 309 g/mol. The molecule has 1 N–H and O–H groups in total. The van der Waals surface area contributed by atoms with Gasteiger partial charge in [0.05, 0.1) is 16.9 Å². The smallest absolute Gasteiger partial charge is 0.225 e. The van der Waals surface area contributed by atoms with Crippen LogP contribution in [0.1, 0.15) is 18.9 Å². The van der Waals surface area contributed by atoms with Gasteiger partial charge in [-0.2, -0.15) is 10.4 Å². The van der Waals surface area contributed by atoms with Gasteiger partial charge in [0.25, 0.3) is 0 Å². The molecule has 2 aromatic rings. The fraction of sp³-hybridized carbons (Fsp3) is 0.154. The molecule has 1 aromatic heterocycles. The third-order valence-corrected chi connectivity index (χ3v) is 3.14. The summed E-state index contributed by atoms with van der Waals surface area (Å²) in [5, 5.41) is 16.7. The molecule has 1 amide bonds. The standard InChI is InChI=1S/C13H10Cl2N4O/c1-2-12(20)18-13-8(6-16)7-17-19(13)11-4-3-9(14)5-10(11)15/h3-5,7H,2H2,1H3,(H,18,20). The van der Waals surface area contributed by atoms with E-state index in [4.69, 9.17) is 28.5 Å². The molecule has 0 atom stereocenters. The summed E-state index contributed by atoms with van der Waals surface area (Å²) in [6.45, 7) is 1.72. The van der Waals surface area contributed by atoms with Crippen molar-refractivity contribution in [2.45, 2.75) is 13.3 Å². The maximum atomic E-state index is 11.6. The number of nitrogens with zero attached hydrogens (tertiary/aromatic N) is 3. The minimum absolute atomic E-state index is 0.215. The van der Waals surface area contributed by atoms with Gasteiger partial charge in [0.1, 0.15) is 11.6 Å². The number of nitrogens with one attached hydrogen (secondary N) is 1. The van der Waals surface area contributed by atoms with Crippen molar-refractivity contribution >= 4 is 34.9 Å². The van der Waals surface area contributed by atoms with Crippen LogP contribution in [0, 0.1) is 11.3 Å². The topological polar surface area (TPSA) is 70.7 Å². The van der Waals surface area contributed by atoms with Crippen molar-refractivity contribution in [3.05, 3.63) is 40.0 Å². The molecule has 0 aliphatic heterocycles. The zero-order chi connectivity index (χ0) is 14.7. The number of hydrogen-bond acceptors (Lipinski definition) is 3. The van der Waals surface area contributed by atoms with Crippen LogP contribution < -0.4 is 5.32 Å². The average Bonchev–Trinajstić information content (AvgIpc) is 2.81. The normalized spacial score (nSPS) is 10.1. The largest absolute Gasteiger partial charge is 0.309 e. The third-order valence-electron chi connectivity index (χ3n) is 2.61. The Hall–Kier alpha value is -2.03. The second kappa shape index (κ2) is 5.95. The van der Waals surface area contributed by atoms with Crippen molar-refractivity contribution in [1.29, 1.82) is 5.26 Å². The SMILES string of the molecule is CCC(=O)Nc1c(C#N)cnn1-c1ccc(Cl)cc1Cl. The number of carbonyl (C=O) groups is 1. The van der Waals surface area contributed by atoms with E-state index in [1.807, 2.05) is 6.07 Å². The first-order chi connectivity index (χ1) is 9.56. The van der Waals surface area contributed by atoms with Crippen molar-refractivity contribution in [3.63, 3.8) is 0 Å². The zero-order valence-corrected chi connectivity index (χ0v) is 12.0. The lowest BCUT2D eigenvalue weighted by Crippen LogP contribution is -2.14. The van der Waals surface area contributed by atoms with Crippen LogP contribution in [0.25, 0.3) is 5.69 Å². The van der Waals surface area contributed by atoms with Crippen molar-refractivity contribution in [2.24, 2.45) is 0 Å². The molecule has 0 radical (unpaired) electrons. The molecule has 0 fully saturated rings. The zero-order valence-electron chi connectivity index (χ0n) is 10.5. The Bertz CT molecular complexity index is 703. The third kappa shape index (κ3) is 2.77. The molecule has 0 aliphatic carbocycles. The van der Waals surface area contributed by atoms with E-state index in [0.717, 1.165) is 0 Å². The van der Waals surface area contributed by atoms with Crippen LogP contribution in [0.3, 0.4) is 0 Å². The van der Waals surface area contributed by atoms with Crippen LogP contribution in [0.4, 0.5) is 5.82 Å². The first-order valence-corrected chi connectivity index (χ1v) is 6.55. The number of benzene rings is 1. The van der Waals surface area contributed by atoms with Crippen LogP contribution in [0.2, 0.25) is 10.0 Å². The van der Waals surface area contributed by atoms with Gasteiger partial charge in [-0.05, 0) is 18.2 Å². The van der Waals surface area contributed by atoms with Gasteiger partial charge in [-0.25, -0.2) is 4.68 Å². The highest BCUT2D eigenvalue weighted by Crippen LogP contribution is 2.28. The highest BCUT2D eigenvalue weighted by Gasteiger charge is 2.16. The molecule has 102 valence electrons. The van der Waals surface area contributed by atoms with E-state index in [0.29, 0.717) is 28.0 Å². The van der Waals surface area contributed by atoms with E-state index in [2.05, 4.69) is 10.4 Å². The molecule has 7 heteroatoms. The number of hydrogen-bond donors (Lipinski definition) is 1. The first-order valence-electron chi connectivity index (χ1n) is 5.80. The summed E-state index contributed by atoms with van der Waals surface area (Å²) in [6, 6.07) is 6.87. The summed E-state index contributed by atoms with van der Waals surface area (Å²) in [5.74, 6) is 0.0805. The number of rotatable bonds is 3. The lowest BCUT2D eigenvalue weighted by molar-refractivity contribution is -0.115. The van der Waals surface area contributed by atoms with Gasteiger partial charge in [-0.1, -0.05) is 30.1 Å². The van der Waals surface area contributed by atoms with Crippen molar-refractivity contribution < 1.29 is 4.79 Å². The Morgan fingerprint density at radius 2 is 2.25 bits per heavy atom. The summed E-state index contributed by atoms with van der Waals surface area (Å²) in [6.07, 6.45) is 1.67. The quantitative estimate of drug-likeness (QED) is 0.944. The maximum Gasteiger partial charge on any atom is 0.225 e. The molecule has 0 saturated heterocycles. The minimum atomic E-state index is -0.215. The second-order valence-electron chi connectivity index (χ2n) is 3.93. The minimum Gasteiger partial charge on any atom is -0.309 e. The number of amides is 1. The van der Waals surface area contributed by atoms with E-state index in [-0.39, 0.29) is 11.5 Å². The molecule has 20 heavy (non-hydrogen) atoms. The molecule has 1 heterocycles. The van der Waals surface area contributed by atoms with Crippen molar-refractivity contribution in [3.8, 4) is 11.8 Å². The Balaban J connectivity index is 2.54. The number of nitriles is 1. The van der Waals surface area contributed by atoms with Crippen LogP contribution >= 0.6 is 23.2 Å². The van der Waals surface area contributed by atoms with Crippen molar-refractivity contribution in [2.75, 3.05) is 5.32 Å². The Morgan fingerprint density at radius 3 is 2.85 bits per heavy atom. The number of anilines is 1. The lowest BCUT2D eigenvalue weighted by Gasteiger charge is -2.10. The number of aromatic nitrogens is 2. The summed E-state index contributed by atoms with van der Waals surface area (Å²) in [4.78, 5) is 11.6. The van der Waals surface area contributed by atoms with Gasteiger partial charge >= 0.3 is 0 Å². The van der Waals surface area contributed by atoms with Crippen LogP contribution in [-0.2, 0) is 4.79 Å². The fourth-order valence-electron chi connectivity index (χ4n) is 1.61. The molecular formula is C13H10Cl2N4O. The van der Waals surface area contributed by atoms with Gasteiger partial charge in [0, 0.05) is 11.4 Å². The maximum absolute atomic E-state index is 11.6. The van der Waals surface area contributed by atoms with Gasteiger partial charge in [-0.3, -0.25) is 4.79 Å². The molecule has 0 saturated carbocycles. The van der Waals surface area contributed by atoms with E-state index in [1.165, 1.54) is 10.9 Å². The van der Waals surface area contributed by atoms with E-state index >= 15 is 0 Å². The first kappa shape index (κ1) is 14.4.